The monoisotopic (exact) mass is 355 g/mol. The third-order valence-electron chi connectivity index (χ3n) is 5.89. The van der Waals surface area contributed by atoms with Crippen LogP contribution in [0.25, 0.3) is 0 Å². The second kappa shape index (κ2) is 6.71. The smallest absolute Gasteiger partial charge is 0.130 e. The van der Waals surface area contributed by atoms with Gasteiger partial charge < -0.3 is 5.11 Å². The van der Waals surface area contributed by atoms with E-state index < -0.39 is 5.60 Å². The van der Waals surface area contributed by atoms with Crippen molar-refractivity contribution in [3.63, 3.8) is 0 Å². The van der Waals surface area contributed by atoms with Gasteiger partial charge in [-0.1, -0.05) is 26.0 Å². The Balaban J connectivity index is 1.50. The number of aromatic nitrogens is 2. The molecule has 2 aliphatic rings. The maximum atomic E-state index is 13.6. The Morgan fingerprint density at radius 3 is 2.42 bits per heavy atom. The summed E-state index contributed by atoms with van der Waals surface area (Å²) in [6.07, 6.45) is 7.31. The predicted octanol–water partition coefficient (Wildman–Crippen LogP) is 3.75. The molecule has 0 aliphatic carbocycles. The standard InChI is InChI=1S/C21H26FN3O/c1-14(2)20-23-11-15(12-24-20)13-25-18-6-7-19(25)10-21(26,9-18)16-4-3-5-17(22)8-16/h3-5,8,11-12,14,18-19,26H,6-7,9-10,13H2,1-2H3/t18-,19-/m1/s1. The summed E-state index contributed by atoms with van der Waals surface area (Å²) in [6.45, 7) is 4.99. The number of benzene rings is 1. The van der Waals surface area contributed by atoms with Gasteiger partial charge in [0.1, 0.15) is 11.6 Å². The average Bonchev–Trinajstić information content (AvgIpc) is 2.86. The van der Waals surface area contributed by atoms with Crippen molar-refractivity contribution in [3.8, 4) is 0 Å². The van der Waals surface area contributed by atoms with Gasteiger partial charge in [0.05, 0.1) is 5.60 Å². The molecule has 4 nitrogen and oxygen atoms in total. The Morgan fingerprint density at radius 2 is 1.85 bits per heavy atom. The van der Waals surface area contributed by atoms with Gasteiger partial charge >= 0.3 is 0 Å². The van der Waals surface area contributed by atoms with E-state index in [1.54, 1.807) is 6.07 Å². The van der Waals surface area contributed by atoms with Crippen molar-refractivity contribution < 1.29 is 9.50 Å². The highest BCUT2D eigenvalue weighted by molar-refractivity contribution is 5.26. The lowest BCUT2D eigenvalue weighted by Crippen LogP contribution is -2.49. The highest BCUT2D eigenvalue weighted by Crippen LogP contribution is 2.46. The minimum Gasteiger partial charge on any atom is -0.385 e. The first kappa shape index (κ1) is 17.6. The summed E-state index contributed by atoms with van der Waals surface area (Å²) in [5.74, 6) is 0.917. The number of nitrogens with zero attached hydrogens (tertiary/aromatic N) is 3. The van der Waals surface area contributed by atoms with Gasteiger partial charge in [-0.05, 0) is 43.4 Å². The second-order valence-electron chi connectivity index (χ2n) is 8.11. The molecule has 2 bridgehead atoms. The first-order valence-electron chi connectivity index (χ1n) is 9.49. The number of halogens is 1. The molecule has 2 saturated heterocycles. The van der Waals surface area contributed by atoms with Crippen LogP contribution in [0.4, 0.5) is 4.39 Å². The third-order valence-corrected chi connectivity index (χ3v) is 5.89. The maximum absolute atomic E-state index is 13.6. The van der Waals surface area contributed by atoms with Crippen LogP contribution in [0, 0.1) is 5.82 Å². The van der Waals surface area contributed by atoms with Crippen LogP contribution in [0.1, 0.15) is 62.4 Å². The average molecular weight is 355 g/mol. The Bertz CT molecular complexity index is 763. The first-order valence-corrected chi connectivity index (χ1v) is 9.49. The topological polar surface area (TPSA) is 49.2 Å². The number of aliphatic hydroxyl groups is 1. The first-order chi connectivity index (χ1) is 12.4. The minimum absolute atomic E-state index is 0.284. The molecular formula is C21H26FN3O. The Kier molecular flexibility index (Phi) is 4.53. The Hall–Kier alpha value is -1.85. The molecule has 3 heterocycles. The molecule has 0 spiro atoms. The minimum atomic E-state index is -0.928. The van der Waals surface area contributed by atoms with Crippen LogP contribution in [0.5, 0.6) is 0 Å². The number of piperidine rings is 1. The molecular weight excluding hydrogens is 329 g/mol. The van der Waals surface area contributed by atoms with Gasteiger partial charge in [-0.15, -0.1) is 0 Å². The molecule has 0 unspecified atom stereocenters. The lowest BCUT2D eigenvalue weighted by Gasteiger charge is -2.44. The summed E-state index contributed by atoms with van der Waals surface area (Å²) in [4.78, 5) is 11.4. The van der Waals surface area contributed by atoms with Crippen molar-refractivity contribution in [2.45, 2.75) is 69.7 Å². The van der Waals surface area contributed by atoms with Crippen LogP contribution < -0.4 is 0 Å². The number of hydrogen-bond donors (Lipinski definition) is 1. The van der Waals surface area contributed by atoms with Crippen LogP contribution in [-0.2, 0) is 12.1 Å². The normalized spacial score (nSPS) is 28.7. The van der Waals surface area contributed by atoms with E-state index >= 15 is 0 Å². The van der Waals surface area contributed by atoms with Crippen LogP contribution in [0.15, 0.2) is 36.7 Å². The van der Waals surface area contributed by atoms with E-state index in [9.17, 15) is 9.50 Å². The summed E-state index contributed by atoms with van der Waals surface area (Å²) in [5, 5.41) is 11.2. The molecule has 4 rings (SSSR count). The highest BCUT2D eigenvalue weighted by atomic mass is 19.1. The lowest BCUT2D eigenvalue weighted by atomic mass is 9.80. The van der Waals surface area contributed by atoms with Crippen LogP contribution >= 0.6 is 0 Å². The van der Waals surface area contributed by atoms with Crippen LogP contribution in [-0.4, -0.2) is 32.1 Å². The van der Waals surface area contributed by atoms with E-state index in [2.05, 4.69) is 28.7 Å². The van der Waals surface area contributed by atoms with E-state index in [1.165, 1.54) is 12.1 Å². The van der Waals surface area contributed by atoms with Gasteiger partial charge in [-0.2, -0.15) is 0 Å². The van der Waals surface area contributed by atoms with Crippen molar-refractivity contribution in [3.05, 3.63) is 59.4 Å². The quantitative estimate of drug-likeness (QED) is 0.907. The summed E-state index contributed by atoms with van der Waals surface area (Å²) < 4.78 is 13.6. The molecule has 1 aromatic carbocycles. The summed E-state index contributed by atoms with van der Waals surface area (Å²) in [7, 11) is 0. The molecule has 2 atom stereocenters. The van der Waals surface area contributed by atoms with Gasteiger partial charge in [0.25, 0.3) is 0 Å². The highest BCUT2D eigenvalue weighted by Gasteiger charge is 2.48. The van der Waals surface area contributed by atoms with Crippen molar-refractivity contribution in [1.82, 2.24) is 14.9 Å². The van der Waals surface area contributed by atoms with E-state index in [0.29, 0.717) is 36.4 Å². The molecule has 0 radical (unpaired) electrons. The lowest BCUT2D eigenvalue weighted by molar-refractivity contribution is -0.0597. The van der Waals surface area contributed by atoms with Crippen molar-refractivity contribution >= 4 is 0 Å². The molecule has 5 heteroatoms. The predicted molar refractivity (Wildman–Crippen MR) is 98.0 cm³/mol. The van der Waals surface area contributed by atoms with E-state index in [0.717, 1.165) is 30.8 Å². The van der Waals surface area contributed by atoms with Gasteiger partial charge in [-0.25, -0.2) is 14.4 Å². The second-order valence-corrected chi connectivity index (χ2v) is 8.11. The van der Waals surface area contributed by atoms with Gasteiger partial charge in [0.15, 0.2) is 0 Å². The largest absolute Gasteiger partial charge is 0.385 e. The summed E-state index contributed by atoms with van der Waals surface area (Å²) in [6, 6.07) is 7.06. The fraction of sp³-hybridized carbons (Fsp3) is 0.524. The van der Waals surface area contributed by atoms with E-state index in [4.69, 9.17) is 0 Å². The van der Waals surface area contributed by atoms with Crippen molar-refractivity contribution in [2.75, 3.05) is 0 Å². The molecule has 2 aromatic rings. The number of fused-ring (bicyclic) bond motifs is 2. The molecule has 0 saturated carbocycles. The SMILES string of the molecule is CC(C)c1ncc(CN2[C@@H]3CC[C@@H]2CC(O)(c2cccc(F)c2)C3)cn1. The van der Waals surface area contributed by atoms with Crippen LogP contribution in [0.3, 0.4) is 0 Å². The van der Waals surface area contributed by atoms with E-state index in [1.807, 2.05) is 18.5 Å². The zero-order chi connectivity index (χ0) is 18.3. The van der Waals surface area contributed by atoms with Crippen molar-refractivity contribution in [2.24, 2.45) is 0 Å². The molecule has 0 amide bonds. The Morgan fingerprint density at radius 1 is 1.19 bits per heavy atom. The molecule has 138 valence electrons. The molecule has 2 fully saturated rings. The Labute approximate surface area is 154 Å². The third kappa shape index (κ3) is 3.26. The molecule has 2 aliphatic heterocycles. The fourth-order valence-corrected chi connectivity index (χ4v) is 4.54. The number of hydrogen-bond acceptors (Lipinski definition) is 4. The van der Waals surface area contributed by atoms with Crippen molar-refractivity contribution in [1.29, 1.82) is 0 Å². The zero-order valence-electron chi connectivity index (χ0n) is 15.4. The molecule has 1 aromatic heterocycles. The van der Waals surface area contributed by atoms with Crippen LogP contribution in [0.2, 0.25) is 0 Å². The zero-order valence-corrected chi connectivity index (χ0v) is 15.4. The summed E-state index contributed by atoms with van der Waals surface area (Å²) >= 11 is 0. The van der Waals surface area contributed by atoms with Gasteiger partial charge in [0, 0.05) is 42.5 Å². The maximum Gasteiger partial charge on any atom is 0.130 e. The van der Waals surface area contributed by atoms with Gasteiger partial charge in [0.2, 0.25) is 0 Å². The number of rotatable bonds is 4. The van der Waals surface area contributed by atoms with Gasteiger partial charge in [-0.3, -0.25) is 4.90 Å². The van der Waals surface area contributed by atoms with E-state index in [-0.39, 0.29) is 5.82 Å². The summed E-state index contributed by atoms with van der Waals surface area (Å²) in [5.41, 5.74) is 0.892. The molecule has 1 N–H and O–H groups in total. The fourth-order valence-electron chi connectivity index (χ4n) is 4.54. The molecule has 26 heavy (non-hydrogen) atoms.